The molecule has 0 fully saturated rings. The first-order valence-electron chi connectivity index (χ1n) is 9.45. The lowest BCUT2D eigenvalue weighted by atomic mass is 10.0. The number of aromatic nitrogens is 2. The quantitative estimate of drug-likeness (QED) is 0.446. The van der Waals surface area contributed by atoms with Gasteiger partial charge in [0.05, 0.1) is 25.5 Å². The lowest BCUT2D eigenvalue weighted by Gasteiger charge is -2.25. The Morgan fingerprint density at radius 2 is 1.85 bits per heavy atom. The highest BCUT2D eigenvalue weighted by Crippen LogP contribution is 2.38. The molecular weight excluding hydrogens is 452 g/mol. The molecule has 0 N–H and O–H groups in total. The van der Waals surface area contributed by atoms with Crippen LogP contribution in [0.5, 0.6) is 5.75 Å². The van der Waals surface area contributed by atoms with E-state index in [1.807, 2.05) is 0 Å². The van der Waals surface area contributed by atoms with E-state index in [4.69, 9.17) is 4.74 Å². The van der Waals surface area contributed by atoms with Crippen molar-refractivity contribution in [2.75, 3.05) is 18.6 Å². The Morgan fingerprint density at radius 3 is 2.48 bits per heavy atom. The average Bonchev–Trinajstić information content (AvgIpc) is 2.76. The molecule has 0 aliphatic carbocycles. The summed E-state index contributed by atoms with van der Waals surface area (Å²) in [5.74, 6) is -1.66. The minimum Gasteiger partial charge on any atom is -0.496 e. The largest absolute Gasteiger partial charge is 0.496 e. The average molecular weight is 469 g/mol. The molecule has 3 aromatic rings. The molecule has 2 aromatic heterocycles. The highest BCUT2D eigenvalue weighted by Gasteiger charge is 2.34. The summed E-state index contributed by atoms with van der Waals surface area (Å²) < 4.78 is 85.3. The van der Waals surface area contributed by atoms with Gasteiger partial charge in [0, 0.05) is 34.6 Å². The summed E-state index contributed by atoms with van der Waals surface area (Å²) in [5.41, 5.74) is -1.57. The Balaban J connectivity index is 2.17. The molecule has 1 amide bonds. The van der Waals surface area contributed by atoms with Crippen molar-refractivity contribution < 1.29 is 35.9 Å². The van der Waals surface area contributed by atoms with Crippen molar-refractivity contribution in [2.24, 2.45) is 0 Å². The lowest BCUT2D eigenvalue weighted by molar-refractivity contribution is -0.141. The molecule has 0 aliphatic rings. The van der Waals surface area contributed by atoms with E-state index in [0.29, 0.717) is 11.0 Å². The molecule has 2 heterocycles. The van der Waals surface area contributed by atoms with Crippen LogP contribution in [-0.2, 0) is 6.18 Å². The number of anilines is 1. The number of carbonyl (C=O) groups is 1. The molecule has 0 spiro atoms. The van der Waals surface area contributed by atoms with Crippen molar-refractivity contribution in [3.8, 4) is 16.9 Å². The minimum absolute atomic E-state index is 0.0611. The van der Waals surface area contributed by atoms with Gasteiger partial charge in [0.1, 0.15) is 17.3 Å². The maximum absolute atomic E-state index is 13.6. The zero-order chi connectivity index (χ0) is 24.3. The van der Waals surface area contributed by atoms with E-state index in [1.165, 1.54) is 32.4 Å². The Kier molecular flexibility index (Phi) is 6.89. The van der Waals surface area contributed by atoms with E-state index in [-0.39, 0.29) is 28.3 Å². The molecule has 11 heteroatoms. The summed E-state index contributed by atoms with van der Waals surface area (Å²) in [7, 11) is 1.28. The third kappa shape index (κ3) is 5.41. The smallest absolute Gasteiger partial charge is 0.433 e. The fourth-order valence-electron chi connectivity index (χ4n) is 3.24. The van der Waals surface area contributed by atoms with Crippen LogP contribution in [0.2, 0.25) is 0 Å². The molecule has 0 saturated carbocycles. The third-order valence-corrected chi connectivity index (χ3v) is 4.60. The van der Waals surface area contributed by atoms with Gasteiger partial charge in [-0.3, -0.25) is 9.78 Å². The zero-order valence-corrected chi connectivity index (χ0v) is 17.3. The Labute approximate surface area is 184 Å². The monoisotopic (exact) mass is 469 g/mol. The first kappa shape index (κ1) is 24.0. The van der Waals surface area contributed by atoms with Crippen molar-refractivity contribution in [1.29, 1.82) is 0 Å². The number of amides is 1. The summed E-state index contributed by atoms with van der Waals surface area (Å²) in [6.07, 6.45) is -5.40. The topological polar surface area (TPSA) is 55.3 Å². The second-order valence-corrected chi connectivity index (χ2v) is 6.92. The van der Waals surface area contributed by atoms with Gasteiger partial charge in [-0.2, -0.15) is 13.2 Å². The van der Waals surface area contributed by atoms with E-state index >= 15 is 0 Å². The van der Waals surface area contributed by atoms with Gasteiger partial charge >= 0.3 is 6.18 Å². The van der Waals surface area contributed by atoms with Gasteiger partial charge < -0.3 is 9.64 Å². The van der Waals surface area contributed by atoms with Crippen molar-refractivity contribution in [3.05, 3.63) is 71.6 Å². The lowest BCUT2D eigenvalue weighted by Crippen LogP contribution is -2.36. The van der Waals surface area contributed by atoms with Crippen LogP contribution in [0.4, 0.5) is 32.0 Å². The van der Waals surface area contributed by atoms with Gasteiger partial charge in [0.15, 0.2) is 0 Å². The standard InChI is InChI=1S/C22H17F6N3O2/c1-12-7-13(8-19(30-12)22(26,27)28)21(32)31(11-20(24)25)17-10-29-6-5-15(17)16-4-3-14(23)9-18(16)33-2/h3-10,20H,11H2,1-2H3. The van der Waals surface area contributed by atoms with Crippen LogP contribution in [-0.4, -0.2) is 36.0 Å². The zero-order valence-electron chi connectivity index (χ0n) is 17.3. The number of rotatable bonds is 6. The Morgan fingerprint density at radius 1 is 1.12 bits per heavy atom. The molecule has 0 atom stereocenters. The maximum Gasteiger partial charge on any atom is 0.433 e. The summed E-state index contributed by atoms with van der Waals surface area (Å²) in [6.45, 7) is 0.131. The first-order valence-corrected chi connectivity index (χ1v) is 9.45. The van der Waals surface area contributed by atoms with E-state index in [9.17, 15) is 31.1 Å². The number of aryl methyl sites for hydroxylation is 1. The summed E-state index contributed by atoms with van der Waals surface area (Å²) >= 11 is 0. The molecule has 1 aromatic carbocycles. The number of alkyl halides is 5. The summed E-state index contributed by atoms with van der Waals surface area (Å²) in [5, 5.41) is 0. The SMILES string of the molecule is COc1cc(F)ccc1-c1ccncc1N(CC(F)F)C(=O)c1cc(C)nc(C(F)(F)F)c1. The van der Waals surface area contributed by atoms with Gasteiger partial charge in [-0.05, 0) is 37.3 Å². The number of hydrogen-bond donors (Lipinski definition) is 0. The minimum atomic E-state index is -4.84. The van der Waals surface area contributed by atoms with E-state index in [2.05, 4.69) is 9.97 Å². The van der Waals surface area contributed by atoms with Crippen LogP contribution in [0.25, 0.3) is 11.1 Å². The second kappa shape index (κ2) is 9.47. The summed E-state index contributed by atoms with van der Waals surface area (Å²) in [6, 6.07) is 6.49. The van der Waals surface area contributed by atoms with E-state index < -0.39 is 42.1 Å². The number of hydrogen-bond acceptors (Lipinski definition) is 4. The highest BCUT2D eigenvalue weighted by molar-refractivity contribution is 6.08. The molecule has 33 heavy (non-hydrogen) atoms. The van der Waals surface area contributed by atoms with Gasteiger partial charge in [-0.25, -0.2) is 18.2 Å². The van der Waals surface area contributed by atoms with Crippen molar-refractivity contribution in [1.82, 2.24) is 9.97 Å². The molecule has 5 nitrogen and oxygen atoms in total. The maximum atomic E-state index is 13.6. The van der Waals surface area contributed by atoms with Crippen LogP contribution < -0.4 is 9.64 Å². The van der Waals surface area contributed by atoms with Crippen LogP contribution in [0.3, 0.4) is 0 Å². The van der Waals surface area contributed by atoms with Gasteiger partial charge in [0.2, 0.25) is 0 Å². The third-order valence-electron chi connectivity index (χ3n) is 4.60. The van der Waals surface area contributed by atoms with Gasteiger partial charge in [-0.15, -0.1) is 0 Å². The van der Waals surface area contributed by atoms with Crippen molar-refractivity contribution in [2.45, 2.75) is 19.5 Å². The predicted octanol–water partition coefficient (Wildman–Crippen LogP) is 5.53. The Bertz CT molecular complexity index is 1170. The van der Waals surface area contributed by atoms with Crippen molar-refractivity contribution >= 4 is 11.6 Å². The van der Waals surface area contributed by atoms with Crippen LogP contribution in [0, 0.1) is 12.7 Å². The molecule has 0 bridgehead atoms. The molecule has 0 saturated heterocycles. The van der Waals surface area contributed by atoms with Gasteiger partial charge in [0.25, 0.3) is 12.3 Å². The number of methoxy groups -OCH3 is 1. The number of ether oxygens (including phenoxy) is 1. The summed E-state index contributed by atoms with van der Waals surface area (Å²) in [4.78, 5) is 21.1. The first-order chi connectivity index (χ1) is 15.5. The number of halogens is 6. The normalized spacial score (nSPS) is 11.5. The fourth-order valence-corrected chi connectivity index (χ4v) is 3.24. The van der Waals surface area contributed by atoms with Crippen LogP contribution in [0.1, 0.15) is 21.7 Å². The predicted molar refractivity (Wildman–Crippen MR) is 108 cm³/mol. The highest BCUT2D eigenvalue weighted by atomic mass is 19.4. The van der Waals surface area contributed by atoms with E-state index in [1.54, 1.807) is 0 Å². The van der Waals surface area contributed by atoms with Crippen molar-refractivity contribution in [3.63, 3.8) is 0 Å². The molecule has 0 aliphatic heterocycles. The molecular formula is C22H17F6N3O2. The number of carbonyl (C=O) groups excluding carboxylic acids is 1. The number of pyridine rings is 2. The molecule has 0 unspecified atom stereocenters. The van der Waals surface area contributed by atoms with Gasteiger partial charge in [-0.1, -0.05) is 0 Å². The molecule has 3 rings (SSSR count). The number of nitrogens with zero attached hydrogens (tertiary/aromatic N) is 3. The fraction of sp³-hybridized carbons (Fsp3) is 0.227. The number of benzene rings is 1. The Hall–Kier alpha value is -3.63. The van der Waals surface area contributed by atoms with Crippen LogP contribution in [0.15, 0.2) is 48.8 Å². The van der Waals surface area contributed by atoms with E-state index in [0.717, 1.165) is 24.4 Å². The molecule has 0 radical (unpaired) electrons. The second-order valence-electron chi connectivity index (χ2n) is 6.92. The van der Waals surface area contributed by atoms with Crippen LogP contribution >= 0.6 is 0 Å². The molecule has 174 valence electrons.